The van der Waals surface area contributed by atoms with E-state index in [4.69, 9.17) is 0 Å². The molecule has 27 heavy (non-hydrogen) atoms. The minimum absolute atomic E-state index is 0.317. The van der Waals surface area contributed by atoms with E-state index in [0.717, 1.165) is 18.3 Å². The lowest BCUT2D eigenvalue weighted by molar-refractivity contribution is -0.144. The molecular formula is C15H10F3N5O4. The van der Waals surface area contributed by atoms with Gasteiger partial charge in [-0.05, 0) is 0 Å². The largest absolute Gasteiger partial charge is 0.351 e. The van der Waals surface area contributed by atoms with E-state index in [1.807, 2.05) is 0 Å². The van der Waals surface area contributed by atoms with Crippen LogP contribution in [0.2, 0.25) is 0 Å². The molecule has 9 nitrogen and oxygen atoms in total. The van der Waals surface area contributed by atoms with Crippen LogP contribution in [-0.4, -0.2) is 44.3 Å². The predicted molar refractivity (Wildman–Crippen MR) is 84.0 cm³/mol. The maximum absolute atomic E-state index is 13.5. The third kappa shape index (κ3) is 2.84. The van der Waals surface area contributed by atoms with Crippen molar-refractivity contribution in [1.29, 1.82) is 0 Å². The zero-order valence-electron chi connectivity index (χ0n) is 13.8. The maximum atomic E-state index is 13.5. The zero-order valence-corrected chi connectivity index (χ0v) is 13.8. The molecule has 140 valence electrons. The third-order valence-corrected chi connectivity index (χ3v) is 3.85. The Labute approximate surface area is 147 Å². The van der Waals surface area contributed by atoms with E-state index in [2.05, 4.69) is 10.2 Å². The minimum Gasteiger partial charge on any atom is -0.287 e. The van der Waals surface area contributed by atoms with E-state index in [9.17, 15) is 32.3 Å². The number of rotatable bonds is 2. The molecule has 1 aromatic carbocycles. The van der Waals surface area contributed by atoms with Gasteiger partial charge in [-0.25, -0.2) is 32.2 Å². The number of hydrogen-bond donors (Lipinski definition) is 0. The second-order valence-electron chi connectivity index (χ2n) is 5.59. The number of ketones is 1. The molecule has 1 aromatic heterocycles. The summed E-state index contributed by atoms with van der Waals surface area (Å²) >= 11 is 0. The number of hydrogen-bond acceptors (Lipinski definition) is 6. The van der Waals surface area contributed by atoms with Gasteiger partial charge >= 0.3 is 11.6 Å². The van der Waals surface area contributed by atoms with Gasteiger partial charge in [0.05, 0.1) is 5.69 Å². The van der Waals surface area contributed by atoms with Crippen molar-refractivity contribution in [1.82, 2.24) is 19.4 Å². The van der Waals surface area contributed by atoms with Gasteiger partial charge in [0.1, 0.15) is 11.6 Å². The number of hydrazone groups is 1. The molecule has 0 aliphatic carbocycles. The van der Waals surface area contributed by atoms with Gasteiger partial charge in [0, 0.05) is 32.4 Å². The Morgan fingerprint density at radius 3 is 2.19 bits per heavy atom. The quantitative estimate of drug-likeness (QED) is 0.513. The lowest BCUT2D eigenvalue weighted by Crippen LogP contribution is -2.46. The molecule has 1 amide bonds. The fourth-order valence-corrected chi connectivity index (χ4v) is 2.46. The van der Waals surface area contributed by atoms with Gasteiger partial charge in [-0.2, -0.15) is 10.2 Å². The minimum atomic E-state index is -1.78. The molecule has 1 unspecified atom stereocenters. The number of carbonyl (C=O) groups is 2. The van der Waals surface area contributed by atoms with Gasteiger partial charge in [-0.15, -0.1) is 0 Å². The van der Waals surface area contributed by atoms with Crippen LogP contribution >= 0.6 is 0 Å². The van der Waals surface area contributed by atoms with Crippen molar-refractivity contribution in [2.45, 2.75) is 5.92 Å². The fraction of sp³-hybridized carbons (Fsp3) is 0.200. The van der Waals surface area contributed by atoms with E-state index in [-0.39, 0.29) is 0 Å². The lowest BCUT2D eigenvalue weighted by atomic mass is 10.00. The maximum Gasteiger partial charge on any atom is 0.351 e. The first-order valence-corrected chi connectivity index (χ1v) is 7.34. The summed E-state index contributed by atoms with van der Waals surface area (Å²) in [4.78, 5) is 48.9. The summed E-state index contributed by atoms with van der Waals surface area (Å²) in [5.74, 6) is -8.55. The van der Waals surface area contributed by atoms with Crippen LogP contribution in [0.4, 0.5) is 13.2 Å². The molecule has 0 saturated carbocycles. The molecule has 1 atom stereocenters. The standard InChI is InChI=1S/C15H10F3N5O4/c1-21-14(26)12(24)7(5-19-21)11-13(25)23(15(27)22(2)20-11)6-3-8(16)10(18)9(17)4-6/h3-5,7H,1-2H3. The zero-order chi connectivity index (χ0) is 20.0. The Balaban J connectivity index is 2.29. The molecule has 3 rings (SSSR count). The van der Waals surface area contributed by atoms with Crippen LogP contribution in [0.5, 0.6) is 0 Å². The van der Waals surface area contributed by atoms with Crippen molar-refractivity contribution in [3.05, 3.63) is 56.1 Å². The average molecular weight is 381 g/mol. The Bertz CT molecular complexity index is 1110. The topological polar surface area (TPSA) is 107 Å². The summed E-state index contributed by atoms with van der Waals surface area (Å²) in [6.45, 7) is 0. The smallest absolute Gasteiger partial charge is 0.287 e. The van der Waals surface area contributed by atoms with Gasteiger partial charge in [-0.1, -0.05) is 0 Å². The molecule has 2 aromatic rings. The van der Waals surface area contributed by atoms with Gasteiger partial charge in [0.15, 0.2) is 17.5 Å². The molecule has 0 spiro atoms. The lowest BCUT2D eigenvalue weighted by Gasteiger charge is -2.20. The van der Waals surface area contributed by atoms with Gasteiger partial charge < -0.3 is 0 Å². The summed E-state index contributed by atoms with van der Waals surface area (Å²) in [5, 5.41) is 8.08. The highest BCUT2D eigenvalue weighted by Crippen LogP contribution is 2.17. The van der Waals surface area contributed by atoms with Crippen LogP contribution in [0.1, 0.15) is 11.6 Å². The van der Waals surface area contributed by atoms with Crippen molar-refractivity contribution in [2.75, 3.05) is 7.05 Å². The molecule has 12 heteroatoms. The normalized spacial score (nSPS) is 16.9. The summed E-state index contributed by atoms with van der Waals surface area (Å²) in [6, 6.07) is 0.890. The van der Waals surface area contributed by atoms with E-state index in [1.54, 1.807) is 0 Å². The number of amides is 1. The molecule has 0 bridgehead atoms. The highest BCUT2D eigenvalue weighted by atomic mass is 19.2. The number of nitrogens with zero attached hydrogens (tertiary/aromatic N) is 5. The van der Waals surface area contributed by atoms with E-state index in [0.29, 0.717) is 21.4 Å². The van der Waals surface area contributed by atoms with Crippen molar-refractivity contribution in [2.24, 2.45) is 12.1 Å². The first kappa shape index (κ1) is 18.2. The first-order chi connectivity index (χ1) is 12.6. The molecule has 0 radical (unpaired) electrons. The first-order valence-electron chi connectivity index (χ1n) is 7.34. The number of halogens is 3. The highest BCUT2D eigenvalue weighted by molar-refractivity contribution is 6.42. The SMILES string of the molecule is CN1N=CC(c2nn(C)c(=O)n(-c3cc(F)c(F)c(F)c3)c2=O)C(=O)C1=O. The Morgan fingerprint density at radius 1 is 1.00 bits per heavy atom. The van der Waals surface area contributed by atoms with E-state index >= 15 is 0 Å². The van der Waals surface area contributed by atoms with Crippen LogP contribution in [-0.2, 0) is 16.6 Å². The van der Waals surface area contributed by atoms with Crippen LogP contribution in [0.25, 0.3) is 5.69 Å². The second-order valence-corrected chi connectivity index (χ2v) is 5.59. The molecule has 0 fully saturated rings. The predicted octanol–water partition coefficient (Wildman–Crippen LogP) is -0.541. The van der Waals surface area contributed by atoms with Crippen molar-refractivity contribution < 1.29 is 22.8 Å². The van der Waals surface area contributed by atoms with Gasteiger partial charge in [0.2, 0.25) is 5.78 Å². The fourth-order valence-electron chi connectivity index (χ4n) is 2.46. The summed E-state index contributed by atoms with van der Waals surface area (Å²) < 4.78 is 41.2. The van der Waals surface area contributed by atoms with Gasteiger partial charge in [-0.3, -0.25) is 14.4 Å². The Hall–Kier alpha value is -3.57. The summed E-state index contributed by atoms with van der Waals surface area (Å²) in [7, 11) is 2.35. The molecule has 0 saturated heterocycles. The molecule has 2 heterocycles. The molecule has 0 N–H and O–H groups in total. The van der Waals surface area contributed by atoms with Crippen molar-refractivity contribution in [3.63, 3.8) is 0 Å². The van der Waals surface area contributed by atoms with Crippen molar-refractivity contribution in [3.8, 4) is 5.69 Å². The number of Topliss-reactive ketones (excluding diaryl/α,β-unsaturated/α-hetero) is 1. The van der Waals surface area contributed by atoms with Crippen LogP contribution in [0, 0.1) is 17.5 Å². The van der Waals surface area contributed by atoms with Gasteiger partial charge in [0.25, 0.3) is 5.56 Å². The Morgan fingerprint density at radius 2 is 1.59 bits per heavy atom. The number of aromatic nitrogens is 3. The number of carbonyl (C=O) groups excluding carboxylic acids is 2. The number of aryl methyl sites for hydroxylation is 1. The number of benzene rings is 1. The molecule has 1 aliphatic rings. The molecule has 1 aliphatic heterocycles. The summed E-state index contributed by atoms with van der Waals surface area (Å²) in [6.07, 6.45) is 0.980. The second kappa shape index (κ2) is 6.30. The average Bonchev–Trinajstić information content (AvgIpc) is 2.61. The van der Waals surface area contributed by atoms with Crippen LogP contribution in [0.3, 0.4) is 0 Å². The Kier molecular flexibility index (Phi) is 4.25. The monoisotopic (exact) mass is 381 g/mol. The van der Waals surface area contributed by atoms with E-state index < -0.39 is 57.7 Å². The van der Waals surface area contributed by atoms with E-state index in [1.165, 1.54) is 7.05 Å². The highest BCUT2D eigenvalue weighted by Gasteiger charge is 2.35. The van der Waals surface area contributed by atoms with Crippen LogP contribution < -0.4 is 11.2 Å². The summed E-state index contributed by atoms with van der Waals surface area (Å²) in [5.41, 5.74) is -3.47. The van der Waals surface area contributed by atoms with Crippen molar-refractivity contribution >= 4 is 17.9 Å². The molecular weight excluding hydrogens is 371 g/mol. The third-order valence-electron chi connectivity index (χ3n) is 3.85. The number of likely N-dealkylation sites (N-methyl/N-ethyl adjacent to an activating group) is 1. The van der Waals surface area contributed by atoms with Crippen LogP contribution in [0.15, 0.2) is 26.8 Å².